The molecule has 3 nitrogen and oxygen atoms in total. The van der Waals surface area contributed by atoms with Crippen molar-refractivity contribution in [2.75, 3.05) is 33.4 Å². The second kappa shape index (κ2) is 8.72. The number of methoxy groups -OCH3 is 1. The molecule has 1 aromatic rings. The van der Waals surface area contributed by atoms with Gasteiger partial charge in [0.1, 0.15) is 5.75 Å². The highest BCUT2D eigenvalue weighted by atomic mass is 16.5. The Bertz CT molecular complexity index is 346. The van der Waals surface area contributed by atoms with Crippen LogP contribution in [0.1, 0.15) is 12.5 Å². The quantitative estimate of drug-likeness (QED) is 0.538. The van der Waals surface area contributed by atoms with Crippen LogP contribution in [0.3, 0.4) is 0 Å². The first-order chi connectivity index (χ1) is 8.72. The smallest absolute Gasteiger partial charge is 0.118 e. The van der Waals surface area contributed by atoms with Crippen LogP contribution in [0.15, 0.2) is 36.4 Å². The molecule has 0 bridgehead atoms. The largest absolute Gasteiger partial charge is 0.497 e. The highest BCUT2D eigenvalue weighted by Crippen LogP contribution is 2.11. The molecule has 18 heavy (non-hydrogen) atoms. The van der Waals surface area contributed by atoms with E-state index >= 15 is 0 Å². The van der Waals surface area contributed by atoms with Crippen molar-refractivity contribution >= 4 is 0 Å². The lowest BCUT2D eigenvalue weighted by atomic mass is 10.1. The van der Waals surface area contributed by atoms with Crippen molar-refractivity contribution in [3.05, 3.63) is 42.0 Å². The van der Waals surface area contributed by atoms with Crippen molar-refractivity contribution in [3.8, 4) is 5.75 Å². The molecule has 0 fully saturated rings. The summed E-state index contributed by atoms with van der Waals surface area (Å²) in [5.41, 5.74) is 2.37. The standard InChI is InChI=1S/C15H23NO2/c1-13(2)12-18-11-10-16-9-8-14-4-6-15(17-3)7-5-14/h4-7,16H,1,8-12H2,2-3H3. The Morgan fingerprint density at radius 1 is 1.22 bits per heavy atom. The van der Waals surface area contributed by atoms with Gasteiger partial charge in [0.05, 0.1) is 20.3 Å². The lowest BCUT2D eigenvalue weighted by molar-refractivity contribution is 0.158. The molecule has 0 aromatic heterocycles. The molecule has 0 aliphatic rings. The highest BCUT2D eigenvalue weighted by molar-refractivity contribution is 5.27. The summed E-state index contributed by atoms with van der Waals surface area (Å²) in [6, 6.07) is 8.17. The second-order valence-corrected chi connectivity index (χ2v) is 4.36. The monoisotopic (exact) mass is 249 g/mol. The first-order valence-electron chi connectivity index (χ1n) is 6.28. The lowest BCUT2D eigenvalue weighted by Crippen LogP contribution is -2.22. The van der Waals surface area contributed by atoms with E-state index in [1.807, 2.05) is 19.1 Å². The Morgan fingerprint density at radius 2 is 1.94 bits per heavy atom. The molecule has 0 saturated heterocycles. The van der Waals surface area contributed by atoms with Gasteiger partial charge in [-0.2, -0.15) is 0 Å². The van der Waals surface area contributed by atoms with Gasteiger partial charge in [-0.25, -0.2) is 0 Å². The van der Waals surface area contributed by atoms with Gasteiger partial charge < -0.3 is 14.8 Å². The Hall–Kier alpha value is -1.32. The topological polar surface area (TPSA) is 30.5 Å². The van der Waals surface area contributed by atoms with Crippen molar-refractivity contribution < 1.29 is 9.47 Å². The Morgan fingerprint density at radius 3 is 2.56 bits per heavy atom. The summed E-state index contributed by atoms with van der Waals surface area (Å²) in [5, 5.41) is 3.35. The van der Waals surface area contributed by atoms with Crippen molar-refractivity contribution in [2.24, 2.45) is 0 Å². The molecule has 0 atom stereocenters. The Labute approximate surface area is 110 Å². The number of hydrogen-bond donors (Lipinski definition) is 1. The maximum absolute atomic E-state index is 5.40. The van der Waals surface area contributed by atoms with Crippen LogP contribution < -0.4 is 10.1 Å². The van der Waals surface area contributed by atoms with Crippen LogP contribution in [0.2, 0.25) is 0 Å². The molecule has 0 aliphatic heterocycles. The lowest BCUT2D eigenvalue weighted by Gasteiger charge is -2.06. The zero-order chi connectivity index (χ0) is 13.2. The van der Waals surface area contributed by atoms with E-state index in [9.17, 15) is 0 Å². The van der Waals surface area contributed by atoms with Gasteiger partial charge in [-0.3, -0.25) is 0 Å². The molecule has 0 radical (unpaired) electrons. The van der Waals surface area contributed by atoms with E-state index < -0.39 is 0 Å². The number of hydrogen-bond acceptors (Lipinski definition) is 3. The van der Waals surface area contributed by atoms with Crippen molar-refractivity contribution in [1.82, 2.24) is 5.32 Å². The summed E-state index contributed by atoms with van der Waals surface area (Å²) in [4.78, 5) is 0. The van der Waals surface area contributed by atoms with Crippen molar-refractivity contribution in [2.45, 2.75) is 13.3 Å². The summed E-state index contributed by atoms with van der Waals surface area (Å²) in [5.74, 6) is 0.903. The van der Waals surface area contributed by atoms with Crippen molar-refractivity contribution in [3.63, 3.8) is 0 Å². The Kier molecular flexibility index (Phi) is 7.14. The van der Waals surface area contributed by atoms with Crippen molar-refractivity contribution in [1.29, 1.82) is 0 Å². The van der Waals surface area contributed by atoms with Gasteiger partial charge in [0.15, 0.2) is 0 Å². The van der Waals surface area contributed by atoms with Gasteiger partial charge >= 0.3 is 0 Å². The van der Waals surface area contributed by atoms with Gasteiger partial charge in [0.25, 0.3) is 0 Å². The average Bonchev–Trinajstić information content (AvgIpc) is 2.38. The number of benzene rings is 1. The maximum Gasteiger partial charge on any atom is 0.118 e. The zero-order valence-corrected chi connectivity index (χ0v) is 11.4. The van der Waals surface area contributed by atoms with Crippen LogP contribution in [-0.2, 0) is 11.2 Å². The third-order valence-electron chi connectivity index (χ3n) is 2.52. The molecule has 0 saturated carbocycles. The fourth-order valence-corrected chi connectivity index (χ4v) is 1.54. The van der Waals surface area contributed by atoms with E-state index in [-0.39, 0.29) is 0 Å². The summed E-state index contributed by atoms with van der Waals surface area (Å²) in [6.45, 7) is 8.98. The minimum atomic E-state index is 0.653. The van der Waals surface area contributed by atoms with Gasteiger partial charge in [-0.1, -0.05) is 24.3 Å². The minimum Gasteiger partial charge on any atom is -0.497 e. The number of rotatable bonds is 9. The first-order valence-corrected chi connectivity index (χ1v) is 6.28. The fraction of sp³-hybridized carbons (Fsp3) is 0.467. The molecular weight excluding hydrogens is 226 g/mol. The molecule has 0 spiro atoms. The molecule has 3 heteroatoms. The summed E-state index contributed by atoms with van der Waals surface area (Å²) in [6.07, 6.45) is 1.02. The average molecular weight is 249 g/mol. The van der Waals surface area contributed by atoms with E-state index in [0.29, 0.717) is 6.61 Å². The molecule has 1 rings (SSSR count). The summed E-state index contributed by atoms with van der Waals surface area (Å²) < 4.78 is 10.5. The molecule has 0 unspecified atom stereocenters. The third kappa shape index (κ3) is 6.42. The molecule has 100 valence electrons. The van der Waals surface area contributed by atoms with Crippen LogP contribution in [0.25, 0.3) is 0 Å². The molecule has 1 aromatic carbocycles. The van der Waals surface area contributed by atoms with Crippen LogP contribution in [0.4, 0.5) is 0 Å². The molecule has 0 amide bonds. The van der Waals surface area contributed by atoms with Crippen LogP contribution >= 0.6 is 0 Å². The van der Waals surface area contributed by atoms with Crippen LogP contribution in [-0.4, -0.2) is 33.4 Å². The maximum atomic E-state index is 5.40. The van der Waals surface area contributed by atoms with Gasteiger partial charge in [0.2, 0.25) is 0 Å². The van der Waals surface area contributed by atoms with E-state index in [1.165, 1.54) is 5.56 Å². The van der Waals surface area contributed by atoms with Crippen LogP contribution in [0.5, 0.6) is 5.75 Å². The molecule has 0 heterocycles. The first kappa shape index (κ1) is 14.7. The van der Waals surface area contributed by atoms with Gasteiger partial charge in [0, 0.05) is 6.54 Å². The zero-order valence-electron chi connectivity index (χ0n) is 11.4. The highest BCUT2D eigenvalue weighted by Gasteiger charge is 1.95. The predicted octanol–water partition coefficient (Wildman–Crippen LogP) is 2.42. The SMILES string of the molecule is C=C(C)COCCNCCc1ccc(OC)cc1. The number of ether oxygens (including phenoxy) is 2. The second-order valence-electron chi connectivity index (χ2n) is 4.36. The predicted molar refractivity (Wildman–Crippen MR) is 75.2 cm³/mol. The summed E-state index contributed by atoms with van der Waals surface area (Å²) >= 11 is 0. The number of nitrogens with one attached hydrogen (secondary N) is 1. The summed E-state index contributed by atoms with van der Waals surface area (Å²) in [7, 11) is 1.68. The fourth-order valence-electron chi connectivity index (χ4n) is 1.54. The van der Waals surface area contributed by atoms with Crippen LogP contribution in [0, 0.1) is 0 Å². The van der Waals surface area contributed by atoms with Gasteiger partial charge in [-0.05, 0) is 37.6 Å². The normalized spacial score (nSPS) is 10.3. The molecule has 0 aliphatic carbocycles. The van der Waals surface area contributed by atoms with E-state index in [2.05, 4.69) is 24.0 Å². The minimum absolute atomic E-state index is 0.653. The molecule has 1 N–H and O–H groups in total. The Balaban J connectivity index is 2.05. The van der Waals surface area contributed by atoms with Gasteiger partial charge in [-0.15, -0.1) is 0 Å². The third-order valence-corrected chi connectivity index (χ3v) is 2.52. The van der Waals surface area contributed by atoms with E-state index in [0.717, 1.165) is 37.4 Å². The van der Waals surface area contributed by atoms with E-state index in [4.69, 9.17) is 9.47 Å². The van der Waals surface area contributed by atoms with E-state index in [1.54, 1.807) is 7.11 Å². The molecular formula is C15H23NO2.